The average Bonchev–Trinajstić information content (AvgIpc) is 2.57. The van der Waals surface area contributed by atoms with Crippen LogP contribution < -0.4 is 5.73 Å². The van der Waals surface area contributed by atoms with Gasteiger partial charge in [-0.25, -0.2) is 0 Å². The van der Waals surface area contributed by atoms with Crippen LogP contribution in [0.3, 0.4) is 0 Å². The Morgan fingerprint density at radius 1 is 1.40 bits per heavy atom. The zero-order valence-corrected chi connectivity index (χ0v) is 9.20. The number of hydrogen-bond acceptors (Lipinski definition) is 2. The standard InChI is InChI=1S/C11H12ClN3/c1-15-10(4-5-14-15)6-8-2-3-9(12)7-11(8)13/h2-5,7H,6,13H2,1H3. The van der Waals surface area contributed by atoms with E-state index in [1.54, 1.807) is 12.3 Å². The molecule has 0 atom stereocenters. The number of nitrogens with two attached hydrogens (primary N) is 1. The highest BCUT2D eigenvalue weighted by Crippen LogP contribution is 2.20. The van der Waals surface area contributed by atoms with Gasteiger partial charge in [0.05, 0.1) is 0 Å². The monoisotopic (exact) mass is 221 g/mol. The molecule has 0 amide bonds. The lowest BCUT2D eigenvalue weighted by molar-refractivity contribution is 0.724. The Morgan fingerprint density at radius 2 is 2.20 bits per heavy atom. The van der Waals surface area contributed by atoms with E-state index >= 15 is 0 Å². The smallest absolute Gasteiger partial charge is 0.0492 e. The zero-order chi connectivity index (χ0) is 10.8. The molecule has 0 radical (unpaired) electrons. The quantitative estimate of drug-likeness (QED) is 0.791. The fourth-order valence-corrected chi connectivity index (χ4v) is 1.68. The van der Waals surface area contributed by atoms with Gasteiger partial charge in [0.15, 0.2) is 0 Å². The summed E-state index contributed by atoms with van der Waals surface area (Å²) in [6, 6.07) is 7.55. The molecule has 0 saturated carbocycles. The van der Waals surface area contributed by atoms with Crippen LogP contribution in [0, 0.1) is 0 Å². The summed E-state index contributed by atoms with van der Waals surface area (Å²) in [5.41, 5.74) is 8.80. The largest absolute Gasteiger partial charge is 0.398 e. The van der Waals surface area contributed by atoms with Gasteiger partial charge in [0.1, 0.15) is 0 Å². The maximum absolute atomic E-state index is 5.87. The van der Waals surface area contributed by atoms with Crippen molar-refractivity contribution in [3.8, 4) is 0 Å². The molecule has 0 aliphatic heterocycles. The minimum absolute atomic E-state index is 0.668. The van der Waals surface area contributed by atoms with Gasteiger partial charge in [-0.2, -0.15) is 5.10 Å². The number of rotatable bonds is 2. The van der Waals surface area contributed by atoms with Gasteiger partial charge < -0.3 is 5.73 Å². The number of nitrogen functional groups attached to an aromatic ring is 1. The Hall–Kier alpha value is -1.48. The first-order valence-corrected chi connectivity index (χ1v) is 5.05. The van der Waals surface area contributed by atoms with Crippen molar-refractivity contribution in [1.29, 1.82) is 0 Å². The number of aromatic nitrogens is 2. The van der Waals surface area contributed by atoms with Crippen LogP contribution in [0.2, 0.25) is 5.02 Å². The lowest BCUT2D eigenvalue weighted by Gasteiger charge is -2.06. The van der Waals surface area contributed by atoms with Gasteiger partial charge in [-0.1, -0.05) is 17.7 Å². The van der Waals surface area contributed by atoms with E-state index in [-0.39, 0.29) is 0 Å². The number of nitrogens with zero attached hydrogens (tertiary/aromatic N) is 2. The van der Waals surface area contributed by atoms with Crippen molar-refractivity contribution < 1.29 is 0 Å². The van der Waals surface area contributed by atoms with E-state index in [2.05, 4.69) is 5.10 Å². The second kappa shape index (κ2) is 3.95. The molecule has 15 heavy (non-hydrogen) atoms. The average molecular weight is 222 g/mol. The van der Waals surface area contributed by atoms with E-state index in [0.717, 1.165) is 23.4 Å². The van der Waals surface area contributed by atoms with Crippen LogP contribution in [-0.2, 0) is 13.5 Å². The molecular weight excluding hydrogens is 210 g/mol. The molecule has 1 heterocycles. The van der Waals surface area contributed by atoms with Gasteiger partial charge in [0.25, 0.3) is 0 Å². The van der Waals surface area contributed by atoms with Crippen molar-refractivity contribution in [3.05, 3.63) is 46.7 Å². The molecule has 0 aliphatic carbocycles. The first-order chi connectivity index (χ1) is 7.16. The first kappa shape index (κ1) is 10.1. The van der Waals surface area contributed by atoms with Crippen LogP contribution >= 0.6 is 11.6 Å². The molecule has 0 bridgehead atoms. The molecule has 3 nitrogen and oxygen atoms in total. The Bertz CT molecular complexity index is 476. The van der Waals surface area contributed by atoms with Crippen LogP contribution in [0.25, 0.3) is 0 Å². The SMILES string of the molecule is Cn1nccc1Cc1ccc(Cl)cc1N. The maximum Gasteiger partial charge on any atom is 0.0492 e. The molecule has 4 heteroatoms. The molecular formula is C11H12ClN3. The lowest BCUT2D eigenvalue weighted by Crippen LogP contribution is -2.01. The van der Waals surface area contributed by atoms with Gasteiger partial charge >= 0.3 is 0 Å². The van der Waals surface area contributed by atoms with Gasteiger partial charge in [-0.15, -0.1) is 0 Å². The van der Waals surface area contributed by atoms with Crippen molar-refractivity contribution >= 4 is 17.3 Å². The molecule has 0 unspecified atom stereocenters. The summed E-state index contributed by atoms with van der Waals surface area (Å²) >= 11 is 5.83. The molecule has 1 aromatic heterocycles. The number of aryl methyl sites for hydroxylation is 1. The molecule has 2 N–H and O–H groups in total. The second-order valence-corrected chi connectivity index (χ2v) is 3.90. The van der Waals surface area contributed by atoms with E-state index in [0.29, 0.717) is 5.02 Å². The van der Waals surface area contributed by atoms with Crippen LogP contribution in [0.15, 0.2) is 30.5 Å². The fourth-order valence-electron chi connectivity index (χ4n) is 1.50. The van der Waals surface area contributed by atoms with Crippen molar-refractivity contribution in [3.63, 3.8) is 0 Å². The third-order valence-electron chi connectivity index (χ3n) is 2.40. The summed E-state index contributed by atoms with van der Waals surface area (Å²) in [5.74, 6) is 0. The minimum Gasteiger partial charge on any atom is -0.398 e. The van der Waals surface area contributed by atoms with Crippen LogP contribution in [0.1, 0.15) is 11.3 Å². The van der Waals surface area contributed by atoms with Crippen LogP contribution in [-0.4, -0.2) is 9.78 Å². The number of benzene rings is 1. The summed E-state index contributed by atoms with van der Waals surface area (Å²) in [7, 11) is 1.92. The number of hydrogen-bond donors (Lipinski definition) is 1. The molecule has 2 rings (SSSR count). The van der Waals surface area contributed by atoms with E-state index in [9.17, 15) is 0 Å². The molecule has 78 valence electrons. The van der Waals surface area contributed by atoms with E-state index in [1.807, 2.05) is 29.9 Å². The Labute approximate surface area is 93.5 Å². The first-order valence-electron chi connectivity index (χ1n) is 4.67. The van der Waals surface area contributed by atoms with Gasteiger partial charge in [-0.3, -0.25) is 4.68 Å². The summed E-state index contributed by atoms with van der Waals surface area (Å²) in [5, 5.41) is 4.78. The summed E-state index contributed by atoms with van der Waals surface area (Å²) < 4.78 is 1.84. The molecule has 0 fully saturated rings. The van der Waals surface area contributed by atoms with Crippen LogP contribution in [0.5, 0.6) is 0 Å². The molecule has 0 aliphatic rings. The highest BCUT2D eigenvalue weighted by molar-refractivity contribution is 6.30. The van der Waals surface area contributed by atoms with Crippen molar-refractivity contribution in [2.45, 2.75) is 6.42 Å². The van der Waals surface area contributed by atoms with Crippen LogP contribution in [0.4, 0.5) is 5.69 Å². The van der Waals surface area contributed by atoms with Crippen molar-refractivity contribution in [1.82, 2.24) is 9.78 Å². The molecule has 0 spiro atoms. The van der Waals surface area contributed by atoms with E-state index in [1.165, 1.54) is 0 Å². The van der Waals surface area contributed by atoms with Crippen molar-refractivity contribution in [2.75, 3.05) is 5.73 Å². The Morgan fingerprint density at radius 3 is 2.80 bits per heavy atom. The number of halogens is 1. The predicted octanol–water partition coefficient (Wildman–Crippen LogP) is 2.25. The van der Waals surface area contributed by atoms with Gasteiger partial charge in [0, 0.05) is 36.1 Å². The Kier molecular flexibility index (Phi) is 2.64. The minimum atomic E-state index is 0.668. The molecule has 0 saturated heterocycles. The predicted molar refractivity (Wildman–Crippen MR) is 61.9 cm³/mol. The summed E-state index contributed by atoms with van der Waals surface area (Å²) in [4.78, 5) is 0. The van der Waals surface area contributed by atoms with E-state index in [4.69, 9.17) is 17.3 Å². The maximum atomic E-state index is 5.87. The topological polar surface area (TPSA) is 43.8 Å². The highest BCUT2D eigenvalue weighted by Gasteiger charge is 2.04. The Balaban J connectivity index is 2.29. The fraction of sp³-hybridized carbons (Fsp3) is 0.182. The van der Waals surface area contributed by atoms with Gasteiger partial charge in [0.2, 0.25) is 0 Å². The third-order valence-corrected chi connectivity index (χ3v) is 2.64. The summed E-state index contributed by atoms with van der Waals surface area (Å²) in [6.45, 7) is 0. The van der Waals surface area contributed by atoms with Crippen molar-refractivity contribution in [2.24, 2.45) is 7.05 Å². The molecule has 2 aromatic rings. The lowest BCUT2D eigenvalue weighted by atomic mass is 10.1. The number of anilines is 1. The zero-order valence-electron chi connectivity index (χ0n) is 8.44. The van der Waals surface area contributed by atoms with E-state index < -0.39 is 0 Å². The van der Waals surface area contributed by atoms with Gasteiger partial charge in [-0.05, 0) is 23.8 Å². The summed E-state index contributed by atoms with van der Waals surface area (Å²) in [6.07, 6.45) is 2.56. The third kappa shape index (κ3) is 2.13. The normalized spacial score (nSPS) is 10.5. The molecule has 1 aromatic carbocycles. The highest BCUT2D eigenvalue weighted by atomic mass is 35.5. The second-order valence-electron chi connectivity index (χ2n) is 3.47.